The van der Waals surface area contributed by atoms with Crippen LogP contribution in [0, 0.1) is 5.92 Å². The molecule has 24 heavy (non-hydrogen) atoms. The molecule has 0 unspecified atom stereocenters. The van der Waals surface area contributed by atoms with E-state index in [1.54, 1.807) is 12.1 Å². The molecule has 1 aliphatic carbocycles. The molecule has 3 nitrogen and oxygen atoms in total. The molecule has 1 fully saturated rings. The Balaban J connectivity index is 1.84. The van der Waals surface area contributed by atoms with Crippen LogP contribution >= 0.6 is 34.8 Å². The molecule has 0 aliphatic heterocycles. The maximum absolute atomic E-state index is 12.3. The number of aliphatic hydroxyl groups is 1. The third kappa shape index (κ3) is 5.52. The highest BCUT2D eigenvalue weighted by molar-refractivity contribution is 6.43. The number of hydrogen-bond donors (Lipinski definition) is 2. The molecule has 0 spiro atoms. The quantitative estimate of drug-likeness (QED) is 0.667. The molecule has 1 amide bonds. The van der Waals surface area contributed by atoms with Gasteiger partial charge in [-0.15, -0.1) is 0 Å². The predicted molar refractivity (Wildman–Crippen MR) is 100 cm³/mol. The minimum Gasteiger partial charge on any atom is -0.396 e. The predicted octanol–water partition coefficient (Wildman–Crippen LogP) is 5.03. The average molecular weight is 393 g/mol. The van der Waals surface area contributed by atoms with E-state index < -0.39 is 0 Å². The molecule has 1 aromatic carbocycles. The molecule has 2 rings (SSSR count). The number of nitrogens with one attached hydrogen (secondary N) is 1. The smallest absolute Gasteiger partial charge is 0.220 e. The standard InChI is InChI=1S/C18H24Cl3NO2/c1-18(7-4-12(5-8-18)6-9-23)22-17(24)3-2-13-10-15(20)16(21)11-14(13)19/h10-12,23H,2-9H2,1H3,(H,22,24). The van der Waals surface area contributed by atoms with Crippen LogP contribution in [0.25, 0.3) is 0 Å². The van der Waals surface area contributed by atoms with Gasteiger partial charge in [0.15, 0.2) is 0 Å². The third-order valence-electron chi connectivity index (χ3n) is 4.90. The molecule has 0 heterocycles. The lowest BCUT2D eigenvalue weighted by Crippen LogP contribution is -2.48. The first-order valence-electron chi connectivity index (χ1n) is 8.38. The summed E-state index contributed by atoms with van der Waals surface area (Å²) in [5, 5.41) is 13.6. The molecule has 6 heteroatoms. The van der Waals surface area contributed by atoms with E-state index in [1.807, 2.05) is 0 Å². The summed E-state index contributed by atoms with van der Waals surface area (Å²) in [7, 11) is 0. The van der Waals surface area contributed by atoms with Crippen molar-refractivity contribution in [3.8, 4) is 0 Å². The van der Waals surface area contributed by atoms with Crippen molar-refractivity contribution < 1.29 is 9.90 Å². The molecule has 1 aliphatic rings. The summed E-state index contributed by atoms with van der Waals surface area (Å²) in [5.74, 6) is 0.607. The Labute approximate surface area is 158 Å². The van der Waals surface area contributed by atoms with Crippen LogP contribution in [-0.4, -0.2) is 23.2 Å². The topological polar surface area (TPSA) is 49.3 Å². The Morgan fingerprint density at radius 2 is 1.83 bits per heavy atom. The normalized spacial score (nSPS) is 24.0. The van der Waals surface area contributed by atoms with E-state index in [2.05, 4.69) is 12.2 Å². The van der Waals surface area contributed by atoms with Gasteiger partial charge in [0.05, 0.1) is 10.0 Å². The number of benzene rings is 1. The number of aliphatic hydroxyl groups excluding tert-OH is 1. The van der Waals surface area contributed by atoms with Gasteiger partial charge in [0.25, 0.3) is 0 Å². The van der Waals surface area contributed by atoms with E-state index in [9.17, 15) is 4.79 Å². The molecule has 1 saturated carbocycles. The van der Waals surface area contributed by atoms with E-state index in [4.69, 9.17) is 39.9 Å². The van der Waals surface area contributed by atoms with E-state index in [0.717, 1.165) is 37.7 Å². The SMILES string of the molecule is CC1(NC(=O)CCc2cc(Cl)c(Cl)cc2Cl)CCC(CCO)CC1. The van der Waals surface area contributed by atoms with Gasteiger partial charge in [0.1, 0.15) is 0 Å². The Bertz CT molecular complexity index is 584. The molecule has 0 radical (unpaired) electrons. The zero-order valence-corrected chi connectivity index (χ0v) is 16.1. The van der Waals surface area contributed by atoms with Gasteiger partial charge in [-0.1, -0.05) is 34.8 Å². The summed E-state index contributed by atoms with van der Waals surface area (Å²) in [6, 6.07) is 3.34. The Kier molecular flexibility index (Phi) is 7.23. The highest BCUT2D eigenvalue weighted by Crippen LogP contribution is 2.34. The van der Waals surface area contributed by atoms with Gasteiger partial charge in [-0.05, 0) is 69.1 Å². The van der Waals surface area contributed by atoms with E-state index >= 15 is 0 Å². The van der Waals surface area contributed by atoms with Crippen LogP contribution in [0.4, 0.5) is 0 Å². The Morgan fingerprint density at radius 1 is 1.21 bits per heavy atom. The molecule has 0 aromatic heterocycles. The molecule has 0 bridgehead atoms. The summed E-state index contributed by atoms with van der Waals surface area (Å²) in [5.41, 5.74) is 0.683. The first kappa shape index (κ1) is 19.8. The third-order valence-corrected chi connectivity index (χ3v) is 5.97. The van der Waals surface area contributed by atoms with Gasteiger partial charge < -0.3 is 10.4 Å². The largest absolute Gasteiger partial charge is 0.396 e. The zero-order valence-electron chi connectivity index (χ0n) is 13.9. The minimum atomic E-state index is -0.148. The fraction of sp³-hybridized carbons (Fsp3) is 0.611. The lowest BCUT2D eigenvalue weighted by Gasteiger charge is -2.38. The molecule has 0 saturated heterocycles. The van der Waals surface area contributed by atoms with Gasteiger partial charge in [-0.3, -0.25) is 4.79 Å². The zero-order chi connectivity index (χ0) is 17.7. The molecule has 134 valence electrons. The van der Waals surface area contributed by atoms with Crippen LogP contribution in [0.1, 0.15) is 51.0 Å². The molecule has 1 aromatic rings. The number of rotatable bonds is 6. The van der Waals surface area contributed by atoms with Crippen molar-refractivity contribution in [1.29, 1.82) is 0 Å². The lowest BCUT2D eigenvalue weighted by molar-refractivity contribution is -0.123. The van der Waals surface area contributed by atoms with Crippen molar-refractivity contribution in [2.24, 2.45) is 5.92 Å². The van der Waals surface area contributed by atoms with Gasteiger partial charge in [0.2, 0.25) is 5.91 Å². The fourth-order valence-electron chi connectivity index (χ4n) is 3.31. The highest BCUT2D eigenvalue weighted by atomic mass is 35.5. The van der Waals surface area contributed by atoms with Crippen molar-refractivity contribution >= 4 is 40.7 Å². The Morgan fingerprint density at radius 3 is 2.46 bits per heavy atom. The summed E-state index contributed by atoms with van der Waals surface area (Å²) < 4.78 is 0. The van der Waals surface area contributed by atoms with Gasteiger partial charge >= 0.3 is 0 Å². The lowest BCUT2D eigenvalue weighted by atomic mass is 9.76. The number of halogens is 3. The second-order valence-corrected chi connectivity index (χ2v) is 8.14. The van der Waals surface area contributed by atoms with Crippen LogP contribution in [0.5, 0.6) is 0 Å². The van der Waals surface area contributed by atoms with Crippen molar-refractivity contribution in [1.82, 2.24) is 5.32 Å². The van der Waals surface area contributed by atoms with Crippen molar-refractivity contribution in [3.05, 3.63) is 32.8 Å². The van der Waals surface area contributed by atoms with Crippen LogP contribution in [0.3, 0.4) is 0 Å². The number of carbonyl (C=O) groups is 1. The van der Waals surface area contributed by atoms with Crippen molar-refractivity contribution in [2.45, 2.75) is 57.4 Å². The average Bonchev–Trinajstić information content (AvgIpc) is 2.52. The van der Waals surface area contributed by atoms with Crippen LogP contribution < -0.4 is 5.32 Å². The number of aryl methyl sites for hydroxylation is 1. The maximum Gasteiger partial charge on any atom is 0.220 e. The van der Waals surface area contributed by atoms with E-state index in [-0.39, 0.29) is 18.1 Å². The summed E-state index contributed by atoms with van der Waals surface area (Å²) in [6.45, 7) is 2.35. The molecule has 0 atom stereocenters. The second kappa shape index (κ2) is 8.75. The van der Waals surface area contributed by atoms with Crippen molar-refractivity contribution in [3.63, 3.8) is 0 Å². The number of carbonyl (C=O) groups excluding carboxylic acids is 1. The van der Waals surface area contributed by atoms with E-state index in [1.165, 1.54) is 0 Å². The summed E-state index contributed by atoms with van der Waals surface area (Å²) in [6.07, 6.45) is 5.78. The summed E-state index contributed by atoms with van der Waals surface area (Å²) in [4.78, 5) is 12.3. The second-order valence-electron chi connectivity index (χ2n) is 6.92. The molecular formula is C18H24Cl3NO2. The van der Waals surface area contributed by atoms with Crippen LogP contribution in [0.2, 0.25) is 15.1 Å². The monoisotopic (exact) mass is 391 g/mol. The van der Waals surface area contributed by atoms with Gasteiger partial charge in [-0.25, -0.2) is 0 Å². The molecule has 2 N–H and O–H groups in total. The van der Waals surface area contributed by atoms with Gasteiger partial charge in [-0.2, -0.15) is 0 Å². The maximum atomic E-state index is 12.3. The molecular weight excluding hydrogens is 369 g/mol. The van der Waals surface area contributed by atoms with E-state index in [0.29, 0.717) is 33.8 Å². The minimum absolute atomic E-state index is 0.0280. The highest BCUT2D eigenvalue weighted by Gasteiger charge is 2.31. The first-order valence-corrected chi connectivity index (χ1v) is 9.51. The van der Waals surface area contributed by atoms with Gasteiger partial charge in [0, 0.05) is 23.6 Å². The first-order chi connectivity index (χ1) is 11.3. The van der Waals surface area contributed by atoms with Crippen molar-refractivity contribution in [2.75, 3.05) is 6.61 Å². The fourth-order valence-corrected chi connectivity index (χ4v) is 3.98. The Hall–Kier alpha value is -0.480. The number of hydrogen-bond acceptors (Lipinski definition) is 2. The van der Waals surface area contributed by atoms with Crippen LogP contribution in [-0.2, 0) is 11.2 Å². The summed E-state index contributed by atoms with van der Waals surface area (Å²) >= 11 is 18.1. The van der Waals surface area contributed by atoms with Crippen LogP contribution in [0.15, 0.2) is 12.1 Å². The number of amides is 1.